The standard InChI is InChI=1S/C29H38O5S/c1-18(2)15-29(12-11-20-7-9-22(31)10-8-20)16-24(32)26(27(33)34-29)35-25-13-19(3)21(17-30)14-23(25)28(4,5)6/h7-10,13-14,18,30-32H,11-12,15-17H2,1-6H3. The molecule has 2 aromatic carbocycles. The van der Waals surface area contributed by atoms with Crippen LogP contribution in [0, 0.1) is 12.8 Å². The Morgan fingerprint density at radius 3 is 2.31 bits per heavy atom. The van der Waals surface area contributed by atoms with Gasteiger partial charge in [-0.15, -0.1) is 0 Å². The van der Waals surface area contributed by atoms with E-state index in [0.717, 1.165) is 27.1 Å². The van der Waals surface area contributed by atoms with Crippen LogP contribution in [0.25, 0.3) is 0 Å². The SMILES string of the molecule is Cc1cc(SC2=C(O)CC(CCc3ccc(O)cc3)(CC(C)C)OC2=O)c(C(C)(C)C)cc1CO. The fourth-order valence-corrected chi connectivity index (χ4v) is 5.94. The zero-order chi connectivity index (χ0) is 26.0. The number of phenols is 1. The van der Waals surface area contributed by atoms with Crippen molar-refractivity contribution in [3.05, 3.63) is 69.3 Å². The van der Waals surface area contributed by atoms with E-state index in [-0.39, 0.29) is 40.8 Å². The summed E-state index contributed by atoms with van der Waals surface area (Å²) in [5, 5.41) is 30.4. The van der Waals surface area contributed by atoms with Gasteiger partial charge in [-0.25, -0.2) is 4.79 Å². The normalized spacial score (nSPS) is 18.8. The van der Waals surface area contributed by atoms with Crippen LogP contribution in [-0.2, 0) is 28.0 Å². The Kier molecular flexibility index (Phi) is 8.28. The largest absolute Gasteiger partial charge is 0.511 e. The van der Waals surface area contributed by atoms with Crippen molar-refractivity contribution in [2.75, 3.05) is 0 Å². The van der Waals surface area contributed by atoms with Gasteiger partial charge in [-0.05, 0) is 78.0 Å². The number of aliphatic hydroxyl groups excluding tert-OH is 2. The molecule has 0 fully saturated rings. The Balaban J connectivity index is 1.92. The van der Waals surface area contributed by atoms with E-state index < -0.39 is 11.6 Å². The van der Waals surface area contributed by atoms with Crippen molar-refractivity contribution in [2.45, 2.75) is 89.7 Å². The Bertz CT molecular complexity index is 1100. The molecular weight excluding hydrogens is 460 g/mol. The second kappa shape index (κ2) is 10.7. The molecule has 0 spiro atoms. The third-order valence-corrected chi connectivity index (χ3v) is 7.62. The zero-order valence-electron chi connectivity index (χ0n) is 21.6. The molecule has 1 aliphatic heterocycles. The summed E-state index contributed by atoms with van der Waals surface area (Å²) in [5.74, 6) is 0.0786. The maximum Gasteiger partial charge on any atom is 0.349 e. The lowest BCUT2D eigenvalue weighted by molar-refractivity contribution is -0.160. The Labute approximate surface area is 213 Å². The first kappa shape index (κ1) is 27.2. The molecule has 1 atom stereocenters. The summed E-state index contributed by atoms with van der Waals surface area (Å²) in [6.45, 7) is 12.3. The van der Waals surface area contributed by atoms with Crippen LogP contribution in [0.4, 0.5) is 0 Å². The highest BCUT2D eigenvalue weighted by atomic mass is 32.2. The number of carbonyl (C=O) groups excluding carboxylic acids is 1. The number of aromatic hydroxyl groups is 1. The summed E-state index contributed by atoms with van der Waals surface area (Å²) >= 11 is 1.25. The number of hydrogen-bond acceptors (Lipinski definition) is 6. The van der Waals surface area contributed by atoms with Gasteiger partial charge in [0, 0.05) is 11.3 Å². The molecule has 190 valence electrons. The van der Waals surface area contributed by atoms with Crippen LogP contribution in [0.2, 0.25) is 0 Å². The smallest absolute Gasteiger partial charge is 0.349 e. The number of rotatable bonds is 8. The van der Waals surface area contributed by atoms with Gasteiger partial charge in [-0.3, -0.25) is 0 Å². The monoisotopic (exact) mass is 498 g/mol. The summed E-state index contributed by atoms with van der Waals surface area (Å²) in [6.07, 6.45) is 2.18. The van der Waals surface area contributed by atoms with E-state index in [1.807, 2.05) is 31.2 Å². The summed E-state index contributed by atoms with van der Waals surface area (Å²) in [4.78, 5) is 14.4. The Morgan fingerprint density at radius 2 is 1.77 bits per heavy atom. The topological polar surface area (TPSA) is 87.0 Å². The maximum atomic E-state index is 13.3. The maximum absolute atomic E-state index is 13.3. The molecule has 1 unspecified atom stereocenters. The molecule has 0 saturated carbocycles. The number of ether oxygens (including phenoxy) is 1. The number of carbonyl (C=O) groups is 1. The first-order valence-corrected chi connectivity index (χ1v) is 13.0. The molecule has 3 rings (SSSR count). The molecule has 0 radical (unpaired) electrons. The van der Waals surface area contributed by atoms with Crippen molar-refractivity contribution in [1.29, 1.82) is 0 Å². The summed E-state index contributed by atoms with van der Waals surface area (Å²) < 4.78 is 6.12. The second-order valence-corrected chi connectivity index (χ2v) is 12.1. The predicted molar refractivity (Wildman–Crippen MR) is 141 cm³/mol. The molecule has 0 aliphatic carbocycles. The molecule has 2 aromatic rings. The number of benzene rings is 2. The zero-order valence-corrected chi connectivity index (χ0v) is 22.5. The van der Waals surface area contributed by atoms with E-state index in [2.05, 4.69) is 34.6 Å². The van der Waals surface area contributed by atoms with Gasteiger partial charge in [0.15, 0.2) is 0 Å². The van der Waals surface area contributed by atoms with Crippen molar-refractivity contribution in [2.24, 2.45) is 5.92 Å². The minimum absolute atomic E-state index is 0.0470. The fourth-order valence-electron chi connectivity index (χ4n) is 4.69. The average Bonchev–Trinajstić information content (AvgIpc) is 2.75. The predicted octanol–water partition coefficient (Wildman–Crippen LogP) is 6.72. The molecule has 1 aliphatic rings. The molecule has 0 amide bonds. The number of aryl methyl sites for hydroxylation is 2. The summed E-state index contributed by atoms with van der Waals surface area (Å²) in [5.41, 5.74) is 2.86. The van der Waals surface area contributed by atoms with Crippen molar-refractivity contribution >= 4 is 17.7 Å². The van der Waals surface area contributed by atoms with Gasteiger partial charge in [-0.2, -0.15) is 0 Å². The van der Waals surface area contributed by atoms with Gasteiger partial charge in [0.1, 0.15) is 22.0 Å². The first-order chi connectivity index (χ1) is 16.3. The molecule has 0 bridgehead atoms. The third kappa shape index (κ3) is 6.62. The van der Waals surface area contributed by atoms with Crippen molar-refractivity contribution in [3.8, 4) is 5.75 Å². The highest BCUT2D eigenvalue weighted by Crippen LogP contribution is 2.45. The number of cyclic esters (lactones) is 1. The molecule has 35 heavy (non-hydrogen) atoms. The molecule has 1 heterocycles. The number of aliphatic hydroxyl groups is 2. The van der Waals surface area contributed by atoms with E-state index in [4.69, 9.17) is 4.74 Å². The summed E-state index contributed by atoms with van der Waals surface area (Å²) in [7, 11) is 0. The van der Waals surface area contributed by atoms with Gasteiger partial charge in [0.2, 0.25) is 0 Å². The molecule has 6 heteroatoms. The van der Waals surface area contributed by atoms with E-state index in [9.17, 15) is 20.1 Å². The van der Waals surface area contributed by atoms with Gasteiger partial charge >= 0.3 is 5.97 Å². The van der Waals surface area contributed by atoms with Crippen LogP contribution in [0.5, 0.6) is 5.75 Å². The van der Waals surface area contributed by atoms with Gasteiger partial charge in [0.25, 0.3) is 0 Å². The lowest BCUT2D eigenvalue weighted by atomic mass is 9.82. The average molecular weight is 499 g/mol. The fraction of sp³-hybridized carbons (Fsp3) is 0.483. The van der Waals surface area contributed by atoms with Crippen LogP contribution in [0.15, 0.2) is 52.0 Å². The number of phenolic OH excluding ortho intramolecular Hbond substituents is 1. The Hall–Kier alpha value is -2.44. The number of esters is 1. The molecule has 0 aromatic heterocycles. The molecular formula is C29H38O5S. The molecule has 5 nitrogen and oxygen atoms in total. The van der Waals surface area contributed by atoms with E-state index in [0.29, 0.717) is 19.3 Å². The minimum atomic E-state index is -0.777. The highest BCUT2D eigenvalue weighted by molar-refractivity contribution is 8.04. The van der Waals surface area contributed by atoms with E-state index in [1.165, 1.54) is 11.8 Å². The lowest BCUT2D eigenvalue weighted by Gasteiger charge is -2.38. The molecule has 0 saturated heterocycles. The van der Waals surface area contributed by atoms with Gasteiger partial charge in [0.05, 0.1) is 6.61 Å². The van der Waals surface area contributed by atoms with Crippen LogP contribution in [0.1, 0.15) is 76.1 Å². The first-order valence-electron chi connectivity index (χ1n) is 12.2. The van der Waals surface area contributed by atoms with E-state index in [1.54, 1.807) is 12.1 Å². The Morgan fingerprint density at radius 1 is 1.11 bits per heavy atom. The van der Waals surface area contributed by atoms with Crippen molar-refractivity contribution in [1.82, 2.24) is 0 Å². The van der Waals surface area contributed by atoms with Gasteiger partial charge in [-0.1, -0.05) is 64.6 Å². The quantitative estimate of drug-likeness (QED) is 0.350. The van der Waals surface area contributed by atoms with Crippen LogP contribution < -0.4 is 0 Å². The van der Waals surface area contributed by atoms with Crippen molar-refractivity contribution < 1.29 is 24.9 Å². The summed E-state index contributed by atoms with van der Waals surface area (Å²) in [6, 6.07) is 11.0. The lowest BCUT2D eigenvalue weighted by Crippen LogP contribution is -2.41. The third-order valence-electron chi connectivity index (χ3n) is 6.46. The molecule has 3 N–H and O–H groups in total. The van der Waals surface area contributed by atoms with Gasteiger partial charge < -0.3 is 20.1 Å². The highest BCUT2D eigenvalue weighted by Gasteiger charge is 2.42. The van der Waals surface area contributed by atoms with Crippen LogP contribution >= 0.6 is 11.8 Å². The van der Waals surface area contributed by atoms with Crippen LogP contribution in [-0.4, -0.2) is 26.9 Å². The van der Waals surface area contributed by atoms with Crippen molar-refractivity contribution in [3.63, 3.8) is 0 Å². The number of thioether (sulfide) groups is 1. The minimum Gasteiger partial charge on any atom is -0.511 e. The second-order valence-electron chi connectivity index (χ2n) is 11.1. The van der Waals surface area contributed by atoms with E-state index >= 15 is 0 Å². The van der Waals surface area contributed by atoms with Crippen LogP contribution in [0.3, 0.4) is 0 Å². The number of hydrogen-bond donors (Lipinski definition) is 3.